The van der Waals surface area contributed by atoms with Crippen molar-refractivity contribution in [2.75, 3.05) is 46.8 Å². The molecule has 5 heteroatoms. The van der Waals surface area contributed by atoms with Crippen LogP contribution in [0.5, 0.6) is 0 Å². The molecule has 2 amide bonds. The summed E-state index contributed by atoms with van der Waals surface area (Å²) in [5.41, 5.74) is 0. The number of amides is 2. The van der Waals surface area contributed by atoms with Gasteiger partial charge in [-0.25, -0.2) is 0 Å². The number of rotatable bonds is 4. The van der Waals surface area contributed by atoms with Gasteiger partial charge < -0.3 is 14.7 Å². The van der Waals surface area contributed by atoms with Gasteiger partial charge >= 0.3 is 0 Å². The molecule has 0 aromatic rings. The van der Waals surface area contributed by atoms with Gasteiger partial charge in [-0.2, -0.15) is 0 Å². The fraction of sp³-hybridized carbons (Fsp3) is 0.833. The van der Waals surface area contributed by atoms with E-state index in [4.69, 9.17) is 0 Å². The Balaban J connectivity index is 2.35. The van der Waals surface area contributed by atoms with Gasteiger partial charge in [0.2, 0.25) is 11.8 Å². The summed E-state index contributed by atoms with van der Waals surface area (Å²) >= 11 is 0. The average molecular weight is 241 g/mol. The molecule has 1 aliphatic rings. The van der Waals surface area contributed by atoms with E-state index in [-0.39, 0.29) is 18.4 Å². The molecule has 0 aliphatic carbocycles. The van der Waals surface area contributed by atoms with Crippen LogP contribution in [0.3, 0.4) is 0 Å². The Morgan fingerprint density at radius 1 is 1.18 bits per heavy atom. The van der Waals surface area contributed by atoms with E-state index >= 15 is 0 Å². The van der Waals surface area contributed by atoms with Crippen molar-refractivity contribution in [3.63, 3.8) is 0 Å². The summed E-state index contributed by atoms with van der Waals surface area (Å²) in [7, 11) is 3.75. The standard InChI is InChI=1S/C12H23N3O2/c1-4-5-11(16)14(3)10-12(17)15-8-6-13(2)7-9-15/h4-10H2,1-3H3. The molecule has 1 aliphatic heterocycles. The van der Waals surface area contributed by atoms with Crippen LogP contribution in [0, 0.1) is 0 Å². The summed E-state index contributed by atoms with van der Waals surface area (Å²) in [4.78, 5) is 29.1. The lowest BCUT2D eigenvalue weighted by molar-refractivity contribution is -0.140. The molecule has 1 heterocycles. The third-order valence-electron chi connectivity index (χ3n) is 3.12. The van der Waals surface area contributed by atoms with Gasteiger partial charge in [-0.15, -0.1) is 0 Å². The molecule has 0 saturated carbocycles. The van der Waals surface area contributed by atoms with Crippen molar-refractivity contribution < 1.29 is 9.59 Å². The molecule has 1 fully saturated rings. The van der Waals surface area contributed by atoms with Crippen LogP contribution in [0.1, 0.15) is 19.8 Å². The molecule has 1 rings (SSSR count). The molecular weight excluding hydrogens is 218 g/mol. The fourth-order valence-electron chi connectivity index (χ4n) is 1.85. The fourth-order valence-corrected chi connectivity index (χ4v) is 1.85. The first kappa shape index (κ1) is 14.0. The van der Waals surface area contributed by atoms with E-state index in [0.29, 0.717) is 6.42 Å². The molecular formula is C12H23N3O2. The molecule has 0 bridgehead atoms. The lowest BCUT2D eigenvalue weighted by Gasteiger charge is -2.33. The van der Waals surface area contributed by atoms with Crippen molar-refractivity contribution in [2.24, 2.45) is 0 Å². The van der Waals surface area contributed by atoms with Crippen LogP contribution in [0.2, 0.25) is 0 Å². The van der Waals surface area contributed by atoms with Gasteiger partial charge in [0.25, 0.3) is 0 Å². The van der Waals surface area contributed by atoms with E-state index in [1.54, 1.807) is 7.05 Å². The highest BCUT2D eigenvalue weighted by molar-refractivity contribution is 5.84. The lowest BCUT2D eigenvalue weighted by Crippen LogP contribution is -2.50. The second-order valence-electron chi connectivity index (χ2n) is 4.68. The van der Waals surface area contributed by atoms with Crippen molar-refractivity contribution in [3.05, 3.63) is 0 Å². The summed E-state index contributed by atoms with van der Waals surface area (Å²) in [5, 5.41) is 0. The van der Waals surface area contributed by atoms with E-state index in [0.717, 1.165) is 32.6 Å². The summed E-state index contributed by atoms with van der Waals surface area (Å²) in [6.07, 6.45) is 1.35. The van der Waals surface area contributed by atoms with Gasteiger partial charge in [0.05, 0.1) is 6.54 Å². The number of piperazine rings is 1. The first-order valence-electron chi connectivity index (χ1n) is 6.25. The van der Waals surface area contributed by atoms with E-state index in [2.05, 4.69) is 11.9 Å². The first-order chi connectivity index (χ1) is 8.04. The topological polar surface area (TPSA) is 43.9 Å². The maximum atomic E-state index is 11.9. The molecule has 0 atom stereocenters. The Kier molecular flexibility index (Phi) is 5.41. The summed E-state index contributed by atoms with van der Waals surface area (Å²) in [6.45, 7) is 5.55. The van der Waals surface area contributed by atoms with Gasteiger partial charge in [0, 0.05) is 39.6 Å². The SMILES string of the molecule is CCCC(=O)N(C)CC(=O)N1CCN(C)CC1. The zero-order valence-electron chi connectivity index (χ0n) is 11.1. The van der Waals surface area contributed by atoms with Crippen LogP contribution in [-0.4, -0.2) is 73.3 Å². The van der Waals surface area contributed by atoms with Crippen LogP contribution in [0.15, 0.2) is 0 Å². The monoisotopic (exact) mass is 241 g/mol. The molecule has 98 valence electrons. The minimum Gasteiger partial charge on any atom is -0.339 e. The maximum Gasteiger partial charge on any atom is 0.242 e. The molecule has 0 radical (unpaired) electrons. The quantitative estimate of drug-likeness (QED) is 0.697. The Bertz CT molecular complexity index is 273. The highest BCUT2D eigenvalue weighted by atomic mass is 16.2. The van der Waals surface area contributed by atoms with Crippen LogP contribution in [0.25, 0.3) is 0 Å². The third-order valence-corrected chi connectivity index (χ3v) is 3.12. The largest absolute Gasteiger partial charge is 0.339 e. The van der Waals surface area contributed by atoms with E-state index in [9.17, 15) is 9.59 Å². The minimum atomic E-state index is 0.0509. The average Bonchev–Trinajstić information content (AvgIpc) is 2.30. The third kappa shape index (κ3) is 4.34. The Hall–Kier alpha value is -1.10. The number of carbonyl (C=O) groups is 2. The lowest BCUT2D eigenvalue weighted by atomic mass is 10.3. The molecule has 0 spiro atoms. The number of carbonyl (C=O) groups excluding carboxylic acids is 2. The summed E-state index contributed by atoms with van der Waals surface area (Å²) in [5.74, 6) is 0.111. The highest BCUT2D eigenvalue weighted by Gasteiger charge is 2.21. The van der Waals surface area contributed by atoms with Gasteiger partial charge in [-0.1, -0.05) is 6.92 Å². The van der Waals surface area contributed by atoms with Gasteiger partial charge in [0.1, 0.15) is 0 Å². The van der Waals surface area contributed by atoms with Crippen molar-refractivity contribution in [1.29, 1.82) is 0 Å². The van der Waals surface area contributed by atoms with Gasteiger partial charge in [-0.05, 0) is 13.5 Å². The summed E-state index contributed by atoms with van der Waals surface area (Å²) in [6, 6.07) is 0. The van der Waals surface area contributed by atoms with Crippen LogP contribution < -0.4 is 0 Å². The number of hydrogen-bond donors (Lipinski definition) is 0. The molecule has 0 unspecified atom stereocenters. The van der Waals surface area contributed by atoms with Crippen molar-refractivity contribution in [1.82, 2.24) is 14.7 Å². The number of nitrogens with zero attached hydrogens (tertiary/aromatic N) is 3. The number of likely N-dealkylation sites (N-methyl/N-ethyl adjacent to an activating group) is 2. The second kappa shape index (κ2) is 6.59. The second-order valence-corrected chi connectivity index (χ2v) is 4.68. The smallest absolute Gasteiger partial charge is 0.242 e. The first-order valence-corrected chi connectivity index (χ1v) is 6.25. The van der Waals surface area contributed by atoms with Crippen LogP contribution in [-0.2, 0) is 9.59 Å². The van der Waals surface area contributed by atoms with E-state index in [1.807, 2.05) is 11.8 Å². The molecule has 0 N–H and O–H groups in total. The van der Waals surface area contributed by atoms with Crippen molar-refractivity contribution >= 4 is 11.8 Å². The van der Waals surface area contributed by atoms with E-state index < -0.39 is 0 Å². The van der Waals surface area contributed by atoms with Crippen molar-refractivity contribution in [2.45, 2.75) is 19.8 Å². The Morgan fingerprint density at radius 2 is 1.76 bits per heavy atom. The van der Waals surface area contributed by atoms with Crippen molar-refractivity contribution in [3.8, 4) is 0 Å². The molecule has 1 saturated heterocycles. The van der Waals surface area contributed by atoms with Gasteiger partial charge in [0.15, 0.2) is 0 Å². The normalized spacial score (nSPS) is 17.0. The van der Waals surface area contributed by atoms with Gasteiger partial charge in [-0.3, -0.25) is 9.59 Å². The molecule has 0 aromatic heterocycles. The van der Waals surface area contributed by atoms with Crippen LogP contribution in [0.4, 0.5) is 0 Å². The minimum absolute atomic E-state index is 0.0509. The zero-order valence-corrected chi connectivity index (χ0v) is 11.1. The van der Waals surface area contributed by atoms with E-state index in [1.165, 1.54) is 4.90 Å². The predicted octanol–water partition coefficient (Wildman–Crippen LogP) is 0.0189. The van der Waals surface area contributed by atoms with Crippen LogP contribution >= 0.6 is 0 Å². The molecule has 5 nitrogen and oxygen atoms in total. The Morgan fingerprint density at radius 3 is 2.29 bits per heavy atom. The number of hydrogen-bond acceptors (Lipinski definition) is 3. The predicted molar refractivity (Wildman–Crippen MR) is 66.6 cm³/mol. The Labute approximate surface area is 103 Å². The summed E-state index contributed by atoms with van der Waals surface area (Å²) < 4.78 is 0. The highest BCUT2D eigenvalue weighted by Crippen LogP contribution is 2.02. The zero-order chi connectivity index (χ0) is 12.8. The molecule has 17 heavy (non-hydrogen) atoms. The molecule has 0 aromatic carbocycles. The maximum absolute atomic E-state index is 11.9.